The molecule has 0 spiro atoms. The highest BCUT2D eigenvalue weighted by molar-refractivity contribution is 9.10. The summed E-state index contributed by atoms with van der Waals surface area (Å²) < 4.78 is 25.3. The van der Waals surface area contributed by atoms with Gasteiger partial charge in [-0.05, 0) is 63.0 Å². The first-order valence-corrected chi connectivity index (χ1v) is 9.82. The van der Waals surface area contributed by atoms with Gasteiger partial charge in [-0.2, -0.15) is 5.26 Å². The Hall–Kier alpha value is -3.70. The smallest absolute Gasteiger partial charge is 0.269 e. The fraction of sp³-hybridized carbons (Fsp3) is 0.0870. The van der Waals surface area contributed by atoms with Gasteiger partial charge in [-0.3, -0.25) is 10.1 Å². The van der Waals surface area contributed by atoms with Crippen LogP contribution in [0.25, 0.3) is 11.6 Å². The maximum atomic E-state index is 13.5. The van der Waals surface area contributed by atoms with Gasteiger partial charge in [-0.15, -0.1) is 0 Å². The number of methoxy groups -OCH3 is 1. The number of rotatable bonds is 7. The first kappa shape index (κ1) is 22.0. The van der Waals surface area contributed by atoms with Gasteiger partial charge in [0.2, 0.25) is 0 Å². The molecule has 0 bridgehead atoms. The van der Waals surface area contributed by atoms with Crippen LogP contribution in [0.4, 0.5) is 10.1 Å². The first-order valence-electron chi connectivity index (χ1n) is 9.02. The molecule has 3 rings (SSSR count). The number of benzene rings is 3. The molecule has 0 unspecified atom stereocenters. The van der Waals surface area contributed by atoms with Crippen LogP contribution >= 0.6 is 15.9 Å². The van der Waals surface area contributed by atoms with Gasteiger partial charge in [0.1, 0.15) is 12.4 Å². The number of nitro benzene ring substituents is 1. The summed E-state index contributed by atoms with van der Waals surface area (Å²) >= 11 is 3.44. The number of nitro groups is 1. The molecule has 31 heavy (non-hydrogen) atoms. The topological polar surface area (TPSA) is 85.4 Å². The van der Waals surface area contributed by atoms with Crippen LogP contribution in [0.3, 0.4) is 0 Å². The monoisotopic (exact) mass is 482 g/mol. The molecular formula is C23H16BrFN2O4. The summed E-state index contributed by atoms with van der Waals surface area (Å²) in [4.78, 5) is 10.5. The SMILES string of the molecule is COc1cc(/C=C(/C#N)c2cccc(F)c2)cc(Br)c1OCc1cccc([N+](=O)[O-])c1. The molecule has 0 fully saturated rings. The van der Waals surface area contributed by atoms with Crippen molar-refractivity contribution in [1.29, 1.82) is 5.26 Å². The van der Waals surface area contributed by atoms with Gasteiger partial charge >= 0.3 is 0 Å². The Bertz CT molecular complexity index is 1200. The fourth-order valence-corrected chi connectivity index (χ4v) is 3.46. The lowest BCUT2D eigenvalue weighted by Gasteiger charge is -2.14. The number of halogens is 2. The zero-order chi connectivity index (χ0) is 22.4. The molecule has 3 aromatic rings. The minimum Gasteiger partial charge on any atom is -0.493 e. The number of non-ortho nitro benzene ring substituents is 1. The maximum Gasteiger partial charge on any atom is 0.269 e. The molecule has 0 amide bonds. The van der Waals surface area contributed by atoms with E-state index in [2.05, 4.69) is 22.0 Å². The van der Waals surface area contributed by atoms with E-state index < -0.39 is 10.7 Å². The van der Waals surface area contributed by atoms with E-state index in [1.54, 1.807) is 36.4 Å². The van der Waals surface area contributed by atoms with Crippen LogP contribution in [0.1, 0.15) is 16.7 Å². The number of hydrogen-bond acceptors (Lipinski definition) is 5. The lowest BCUT2D eigenvalue weighted by molar-refractivity contribution is -0.384. The molecule has 0 atom stereocenters. The predicted molar refractivity (Wildman–Crippen MR) is 118 cm³/mol. The normalized spacial score (nSPS) is 11.0. The number of hydrogen-bond donors (Lipinski definition) is 0. The van der Waals surface area contributed by atoms with Gasteiger partial charge in [0.15, 0.2) is 11.5 Å². The van der Waals surface area contributed by atoms with Crippen LogP contribution in [0, 0.1) is 27.3 Å². The standard InChI is InChI=1S/C23H16BrFN2O4/c1-30-22-11-16(8-18(13-26)17-5-3-6-19(25)12-17)10-21(24)23(22)31-14-15-4-2-7-20(9-15)27(28)29/h2-12H,14H2,1H3/b18-8-. The van der Waals surface area contributed by atoms with E-state index in [0.29, 0.717) is 38.2 Å². The molecule has 0 aliphatic rings. The third-order valence-corrected chi connectivity index (χ3v) is 4.91. The summed E-state index contributed by atoms with van der Waals surface area (Å²) in [5.41, 5.74) is 2.01. The van der Waals surface area contributed by atoms with Crippen molar-refractivity contribution in [2.75, 3.05) is 7.11 Å². The van der Waals surface area contributed by atoms with Crippen LogP contribution in [-0.4, -0.2) is 12.0 Å². The average Bonchev–Trinajstić information content (AvgIpc) is 2.76. The van der Waals surface area contributed by atoms with Crippen molar-refractivity contribution in [3.63, 3.8) is 0 Å². The maximum absolute atomic E-state index is 13.5. The Balaban J connectivity index is 1.89. The zero-order valence-corrected chi connectivity index (χ0v) is 17.9. The second-order valence-corrected chi connectivity index (χ2v) is 7.28. The second kappa shape index (κ2) is 9.87. The summed E-state index contributed by atoms with van der Waals surface area (Å²) in [6.07, 6.45) is 1.62. The minimum absolute atomic E-state index is 0.0194. The molecule has 0 heterocycles. The van der Waals surface area contributed by atoms with Crippen LogP contribution in [-0.2, 0) is 6.61 Å². The Kier molecular flexibility index (Phi) is 7.00. The average molecular weight is 483 g/mol. The van der Waals surface area contributed by atoms with Crippen molar-refractivity contribution >= 4 is 33.3 Å². The van der Waals surface area contributed by atoms with E-state index in [9.17, 15) is 19.8 Å². The highest BCUT2D eigenvalue weighted by Gasteiger charge is 2.13. The molecule has 8 heteroatoms. The lowest BCUT2D eigenvalue weighted by atomic mass is 10.0. The fourth-order valence-electron chi connectivity index (χ4n) is 2.88. The number of nitrogens with zero attached hydrogens (tertiary/aromatic N) is 2. The number of ether oxygens (including phenoxy) is 2. The van der Waals surface area contributed by atoms with E-state index in [0.717, 1.165) is 0 Å². The van der Waals surface area contributed by atoms with E-state index in [1.807, 2.05) is 0 Å². The van der Waals surface area contributed by atoms with Gasteiger partial charge in [-0.25, -0.2) is 4.39 Å². The number of allylic oxidation sites excluding steroid dienone is 1. The van der Waals surface area contributed by atoms with E-state index in [1.165, 1.54) is 37.4 Å². The molecule has 0 aliphatic carbocycles. The predicted octanol–water partition coefficient (Wildman–Crippen LogP) is 6.15. The van der Waals surface area contributed by atoms with Gasteiger partial charge in [0.05, 0.1) is 28.1 Å². The Morgan fingerprint density at radius 2 is 2.00 bits per heavy atom. The largest absolute Gasteiger partial charge is 0.493 e. The Morgan fingerprint density at radius 1 is 1.23 bits per heavy atom. The first-order chi connectivity index (χ1) is 14.9. The van der Waals surface area contributed by atoms with Gasteiger partial charge < -0.3 is 9.47 Å². The summed E-state index contributed by atoms with van der Waals surface area (Å²) in [5, 5.41) is 20.4. The Morgan fingerprint density at radius 3 is 2.68 bits per heavy atom. The quantitative estimate of drug-likeness (QED) is 0.174. The molecule has 0 N–H and O–H groups in total. The molecule has 0 saturated carbocycles. The summed E-state index contributed by atoms with van der Waals surface area (Å²) in [7, 11) is 1.48. The molecule has 156 valence electrons. The highest BCUT2D eigenvalue weighted by atomic mass is 79.9. The highest BCUT2D eigenvalue weighted by Crippen LogP contribution is 2.38. The molecule has 0 radical (unpaired) electrons. The van der Waals surface area contributed by atoms with Crippen molar-refractivity contribution in [3.8, 4) is 17.6 Å². The molecule has 3 aromatic carbocycles. The van der Waals surface area contributed by atoms with Gasteiger partial charge in [-0.1, -0.05) is 24.3 Å². The van der Waals surface area contributed by atoms with Gasteiger partial charge in [0, 0.05) is 12.1 Å². The van der Waals surface area contributed by atoms with Gasteiger partial charge in [0.25, 0.3) is 5.69 Å². The van der Waals surface area contributed by atoms with E-state index in [-0.39, 0.29) is 12.3 Å². The van der Waals surface area contributed by atoms with Crippen LogP contribution in [0.15, 0.2) is 65.1 Å². The lowest BCUT2D eigenvalue weighted by Crippen LogP contribution is -2.00. The van der Waals surface area contributed by atoms with Crippen molar-refractivity contribution in [3.05, 3.63) is 97.8 Å². The third-order valence-electron chi connectivity index (χ3n) is 4.32. The Labute approximate surface area is 186 Å². The van der Waals surface area contributed by atoms with E-state index in [4.69, 9.17) is 9.47 Å². The number of nitriles is 1. The summed E-state index contributed by atoms with van der Waals surface area (Å²) in [6, 6.07) is 17.5. The summed E-state index contributed by atoms with van der Waals surface area (Å²) in [5.74, 6) is 0.389. The zero-order valence-electron chi connectivity index (χ0n) is 16.3. The van der Waals surface area contributed by atoms with Crippen LogP contribution in [0.5, 0.6) is 11.5 Å². The van der Waals surface area contributed by atoms with Crippen molar-refractivity contribution in [2.24, 2.45) is 0 Å². The molecule has 0 aromatic heterocycles. The molecule has 0 saturated heterocycles. The van der Waals surface area contributed by atoms with Crippen LogP contribution in [0.2, 0.25) is 0 Å². The third kappa shape index (κ3) is 5.47. The van der Waals surface area contributed by atoms with Crippen LogP contribution < -0.4 is 9.47 Å². The van der Waals surface area contributed by atoms with E-state index >= 15 is 0 Å². The molecular weight excluding hydrogens is 467 g/mol. The van der Waals surface area contributed by atoms with Crippen molar-refractivity contribution < 1.29 is 18.8 Å². The van der Waals surface area contributed by atoms with Crippen molar-refractivity contribution in [2.45, 2.75) is 6.61 Å². The molecule has 6 nitrogen and oxygen atoms in total. The summed E-state index contributed by atoms with van der Waals surface area (Å²) in [6.45, 7) is 0.0958. The molecule has 0 aliphatic heterocycles. The van der Waals surface area contributed by atoms with Crippen molar-refractivity contribution in [1.82, 2.24) is 0 Å². The second-order valence-electron chi connectivity index (χ2n) is 6.43. The minimum atomic E-state index is -0.466.